The Bertz CT molecular complexity index is 3130. The van der Waals surface area contributed by atoms with Gasteiger partial charge in [-0.1, -0.05) is 188 Å². The molecule has 0 unspecified atom stereocenters. The zero-order valence-corrected chi connectivity index (χ0v) is 35.8. The number of fused-ring (bicyclic) bond motifs is 11. The van der Waals surface area contributed by atoms with Crippen LogP contribution in [0.5, 0.6) is 0 Å². The lowest BCUT2D eigenvalue weighted by atomic mass is 10.1. The summed E-state index contributed by atoms with van der Waals surface area (Å²) in [6, 6.07) is 85.6. The van der Waals surface area contributed by atoms with E-state index in [0.717, 1.165) is 5.69 Å². The van der Waals surface area contributed by atoms with Gasteiger partial charge in [-0.05, 0) is 90.0 Å². The third kappa shape index (κ3) is 4.96. The van der Waals surface area contributed by atoms with Crippen molar-refractivity contribution >= 4 is 118 Å². The molecule has 12 rings (SSSR count). The molecule has 0 radical (unpaired) electrons. The van der Waals surface area contributed by atoms with Gasteiger partial charge in [-0.2, -0.15) is 0 Å². The van der Waals surface area contributed by atoms with Crippen molar-refractivity contribution in [1.29, 1.82) is 0 Å². The monoisotopic (exact) mass is 819 g/mol. The summed E-state index contributed by atoms with van der Waals surface area (Å²) in [6.45, 7) is 0. The Morgan fingerprint density at radius 2 is 0.847 bits per heavy atom. The maximum absolute atomic E-state index is 2.98. The van der Waals surface area contributed by atoms with Crippen molar-refractivity contribution in [2.24, 2.45) is 0 Å². The van der Waals surface area contributed by atoms with Crippen LogP contribution in [-0.2, 0) is 0 Å². The van der Waals surface area contributed by atoms with Crippen LogP contribution in [0.3, 0.4) is 0 Å². The fraction of sp³-hybridized carbons (Fsp3) is 0. The van der Waals surface area contributed by atoms with E-state index < -0.39 is 16.1 Å². The second kappa shape index (κ2) is 13.7. The molecule has 0 saturated carbocycles. The Hall–Kier alpha value is -6.22. The molecule has 0 aliphatic carbocycles. The van der Waals surface area contributed by atoms with Gasteiger partial charge in [0.2, 0.25) is 0 Å². The van der Waals surface area contributed by atoms with Crippen molar-refractivity contribution in [2.45, 2.75) is 9.79 Å². The van der Waals surface area contributed by atoms with E-state index in [0.29, 0.717) is 0 Å². The normalized spacial score (nSPS) is 14.3. The largest absolute Gasteiger partial charge is 0.309 e. The molecule has 0 saturated heterocycles. The van der Waals surface area contributed by atoms with Crippen LogP contribution in [0.1, 0.15) is 0 Å². The SMILES string of the molecule is c1ccc(N(c2ccc3c(c2)[Si]2(c4ccccc4Sc4ccccc42)c2ccccc2[Si]3(c2ccccc2)c2ccccc2)c2cccc3c2sc2ccccc23)cc1. The van der Waals surface area contributed by atoms with E-state index >= 15 is 0 Å². The van der Waals surface area contributed by atoms with Gasteiger partial charge >= 0.3 is 0 Å². The minimum atomic E-state index is -2.98. The molecule has 0 N–H and O–H groups in total. The summed E-state index contributed by atoms with van der Waals surface area (Å²) in [6.07, 6.45) is 0. The number of anilines is 3. The zero-order valence-electron chi connectivity index (χ0n) is 32.1. The molecule has 1 spiro atoms. The van der Waals surface area contributed by atoms with Crippen LogP contribution < -0.4 is 46.4 Å². The average Bonchev–Trinajstić information content (AvgIpc) is 3.70. The van der Waals surface area contributed by atoms with Gasteiger partial charge in [-0.3, -0.25) is 0 Å². The standard InChI is InChI=1S/C54H37NS2Si2/c1-4-19-38(20-5-1)55(44-27-18-26-43-42-25-10-11-28-45(42)57-54(43)44)39-35-36-52-53(37-39)59(48-31-14-12-29-46(48)56-47-30-13-15-32-49(47)59)51-34-17-16-33-50(51)58(52,40-21-6-2-7-22-40)41-23-8-3-9-24-41/h1-37H. The summed E-state index contributed by atoms with van der Waals surface area (Å²) in [5, 5.41) is 14.4. The highest BCUT2D eigenvalue weighted by Crippen LogP contribution is 2.45. The fourth-order valence-corrected chi connectivity index (χ4v) is 25.9. The van der Waals surface area contributed by atoms with Gasteiger partial charge in [-0.15, -0.1) is 11.3 Å². The summed E-state index contributed by atoms with van der Waals surface area (Å²) in [4.78, 5) is 5.27. The number of para-hydroxylation sites is 1. The minimum Gasteiger partial charge on any atom is -0.309 e. The van der Waals surface area contributed by atoms with Gasteiger partial charge in [0.05, 0.1) is 10.4 Å². The molecule has 10 aromatic rings. The molecule has 5 heteroatoms. The van der Waals surface area contributed by atoms with Crippen LogP contribution in [0.4, 0.5) is 17.1 Å². The van der Waals surface area contributed by atoms with E-state index in [2.05, 4.69) is 229 Å². The van der Waals surface area contributed by atoms with Gasteiger partial charge in [0.25, 0.3) is 0 Å². The van der Waals surface area contributed by atoms with Crippen molar-refractivity contribution in [3.05, 3.63) is 224 Å². The second-order valence-corrected chi connectivity index (χ2v) is 25.0. The molecular formula is C54H37NS2Si2. The number of rotatable bonds is 5. The first kappa shape index (κ1) is 34.8. The van der Waals surface area contributed by atoms with Crippen molar-refractivity contribution in [3.8, 4) is 0 Å². The zero-order chi connectivity index (χ0) is 39.0. The van der Waals surface area contributed by atoms with Gasteiger partial charge in [0.1, 0.15) is 0 Å². The highest BCUT2D eigenvalue weighted by atomic mass is 32.2. The van der Waals surface area contributed by atoms with Crippen molar-refractivity contribution in [2.75, 3.05) is 4.90 Å². The number of thiophene rings is 1. The minimum absolute atomic E-state index is 1.15. The first-order valence-electron chi connectivity index (χ1n) is 20.3. The molecule has 0 atom stereocenters. The predicted octanol–water partition coefficient (Wildman–Crippen LogP) is 9.06. The van der Waals surface area contributed by atoms with Gasteiger partial charge in [-0.25, -0.2) is 0 Å². The molecule has 2 aliphatic heterocycles. The topological polar surface area (TPSA) is 3.24 Å². The molecule has 278 valence electrons. The third-order valence-corrected chi connectivity index (χ3v) is 25.7. The predicted molar refractivity (Wildman–Crippen MR) is 259 cm³/mol. The van der Waals surface area contributed by atoms with E-state index in [1.54, 1.807) is 0 Å². The molecule has 9 aromatic carbocycles. The van der Waals surface area contributed by atoms with Crippen LogP contribution in [0.25, 0.3) is 20.2 Å². The van der Waals surface area contributed by atoms with E-state index in [1.165, 1.54) is 82.8 Å². The summed E-state index contributed by atoms with van der Waals surface area (Å²) < 4.78 is 2.61. The highest BCUT2D eigenvalue weighted by molar-refractivity contribution is 8.00. The maximum atomic E-state index is 2.65. The number of nitrogens with zero attached hydrogens (tertiary/aromatic N) is 1. The van der Waals surface area contributed by atoms with Crippen LogP contribution in [0.15, 0.2) is 234 Å². The highest BCUT2D eigenvalue weighted by Gasteiger charge is 2.58. The van der Waals surface area contributed by atoms with Crippen LogP contribution >= 0.6 is 23.1 Å². The third-order valence-electron chi connectivity index (χ3n) is 12.7. The molecule has 0 fully saturated rings. The Morgan fingerprint density at radius 3 is 1.51 bits per heavy atom. The molecule has 1 nitrogen and oxygen atoms in total. The number of benzene rings is 9. The Balaban J connectivity index is 1.26. The van der Waals surface area contributed by atoms with Gasteiger partial charge in [0, 0.05) is 36.6 Å². The van der Waals surface area contributed by atoms with E-state index in [4.69, 9.17) is 0 Å². The number of hydrogen-bond acceptors (Lipinski definition) is 3. The second-order valence-electron chi connectivity index (χ2n) is 15.5. The van der Waals surface area contributed by atoms with Crippen molar-refractivity contribution in [1.82, 2.24) is 0 Å². The van der Waals surface area contributed by atoms with Crippen molar-refractivity contribution < 1.29 is 0 Å². The Kier molecular flexibility index (Phi) is 8.07. The average molecular weight is 820 g/mol. The van der Waals surface area contributed by atoms with E-state index in [1.807, 2.05) is 23.1 Å². The fourth-order valence-electron chi connectivity index (χ4n) is 10.4. The van der Waals surface area contributed by atoms with E-state index in [-0.39, 0.29) is 0 Å². The maximum Gasteiger partial charge on any atom is 0.181 e. The molecule has 2 aliphatic rings. The van der Waals surface area contributed by atoms with Crippen LogP contribution in [0.2, 0.25) is 0 Å². The lowest BCUT2D eigenvalue weighted by Gasteiger charge is -2.50. The molecule has 1 aromatic heterocycles. The molecule has 0 bridgehead atoms. The summed E-state index contributed by atoms with van der Waals surface area (Å²) in [5.41, 5.74) is 3.54. The Morgan fingerprint density at radius 1 is 0.339 bits per heavy atom. The Labute approximate surface area is 354 Å². The quantitative estimate of drug-likeness (QED) is 0.160. The van der Waals surface area contributed by atoms with Gasteiger partial charge in [0.15, 0.2) is 16.1 Å². The van der Waals surface area contributed by atoms with Crippen LogP contribution in [-0.4, -0.2) is 16.1 Å². The smallest absolute Gasteiger partial charge is 0.181 e. The lowest BCUT2D eigenvalue weighted by molar-refractivity contribution is 1.30. The number of hydrogen-bond donors (Lipinski definition) is 0. The molecule has 3 heterocycles. The van der Waals surface area contributed by atoms with Crippen LogP contribution in [0, 0.1) is 0 Å². The van der Waals surface area contributed by atoms with Gasteiger partial charge < -0.3 is 4.90 Å². The molecular weight excluding hydrogens is 783 g/mol. The summed E-state index contributed by atoms with van der Waals surface area (Å²) >= 11 is 3.83. The first-order valence-corrected chi connectivity index (χ1v) is 25.9. The lowest BCUT2D eigenvalue weighted by Crippen LogP contribution is -2.93. The summed E-state index contributed by atoms with van der Waals surface area (Å²) in [7, 11) is -5.88. The molecule has 0 amide bonds. The summed E-state index contributed by atoms with van der Waals surface area (Å²) in [5.74, 6) is 0. The van der Waals surface area contributed by atoms with Crippen molar-refractivity contribution in [3.63, 3.8) is 0 Å². The van der Waals surface area contributed by atoms with E-state index in [9.17, 15) is 0 Å². The first-order chi connectivity index (χ1) is 29.3. The molecule has 59 heavy (non-hydrogen) atoms.